The van der Waals surface area contributed by atoms with Gasteiger partial charge in [0, 0.05) is 37.3 Å². The molecule has 0 unspecified atom stereocenters. The van der Waals surface area contributed by atoms with Crippen LogP contribution in [0.15, 0.2) is 54.6 Å². The van der Waals surface area contributed by atoms with E-state index in [9.17, 15) is 4.79 Å². The molecule has 2 aromatic carbocycles. The van der Waals surface area contributed by atoms with Crippen LogP contribution in [-0.2, 0) is 16.6 Å². The summed E-state index contributed by atoms with van der Waals surface area (Å²) in [6, 6.07) is 18.9. The van der Waals surface area contributed by atoms with E-state index in [0.717, 1.165) is 44.6 Å². The first-order valence-corrected chi connectivity index (χ1v) is 9.38. The molecule has 0 radical (unpaired) electrons. The first-order chi connectivity index (χ1) is 12.2. The van der Waals surface area contributed by atoms with Crippen molar-refractivity contribution in [3.05, 3.63) is 65.7 Å². The normalized spacial score (nSPS) is 18.4. The zero-order chi connectivity index (χ0) is 17.3. The summed E-state index contributed by atoms with van der Waals surface area (Å²) in [6.45, 7) is 6.13. The summed E-state index contributed by atoms with van der Waals surface area (Å²) in [7, 11) is 0. The fourth-order valence-electron chi connectivity index (χ4n) is 4.51. The van der Waals surface area contributed by atoms with Crippen molar-refractivity contribution in [2.45, 2.75) is 31.6 Å². The lowest BCUT2D eigenvalue weighted by molar-refractivity contribution is -0.132. The number of amides is 1. The number of likely N-dealkylation sites (N-methyl/N-ethyl adjacent to an activating group) is 1. The van der Waals surface area contributed by atoms with E-state index in [-0.39, 0.29) is 11.3 Å². The van der Waals surface area contributed by atoms with E-state index >= 15 is 0 Å². The van der Waals surface area contributed by atoms with E-state index in [2.05, 4.69) is 41.0 Å². The molecule has 1 saturated heterocycles. The van der Waals surface area contributed by atoms with Crippen LogP contribution in [0.3, 0.4) is 0 Å². The minimum absolute atomic E-state index is 0.232. The van der Waals surface area contributed by atoms with Crippen molar-refractivity contribution in [2.24, 2.45) is 0 Å². The molecule has 1 spiro atoms. The molecule has 130 valence electrons. The standard InChI is InChI=1S/C22H26N2O/c1-2-23-17-22(19-10-6-7-11-20(19)23)12-14-24(15-13-22)21(25)16-18-8-4-3-5-9-18/h3-11H,2,12-17H2,1H3. The van der Waals surface area contributed by atoms with Gasteiger partial charge in [0.1, 0.15) is 0 Å². The maximum Gasteiger partial charge on any atom is 0.226 e. The molecule has 1 amide bonds. The third-order valence-electron chi connectivity index (χ3n) is 5.96. The Morgan fingerprint density at radius 2 is 1.68 bits per heavy atom. The lowest BCUT2D eigenvalue weighted by Crippen LogP contribution is -2.47. The molecule has 1 fully saturated rings. The summed E-state index contributed by atoms with van der Waals surface area (Å²) in [5.41, 5.74) is 4.23. The number of nitrogens with zero attached hydrogens (tertiary/aromatic N) is 2. The van der Waals surface area contributed by atoms with Crippen LogP contribution in [0.5, 0.6) is 0 Å². The molecule has 0 aliphatic carbocycles. The Kier molecular flexibility index (Phi) is 4.24. The largest absolute Gasteiger partial charge is 0.371 e. The molecule has 2 aromatic rings. The summed E-state index contributed by atoms with van der Waals surface area (Å²) in [4.78, 5) is 17.2. The topological polar surface area (TPSA) is 23.6 Å². The van der Waals surface area contributed by atoms with Gasteiger partial charge in [0.2, 0.25) is 5.91 Å². The molecule has 2 aliphatic rings. The van der Waals surface area contributed by atoms with Crippen LogP contribution < -0.4 is 4.90 Å². The summed E-state index contributed by atoms with van der Waals surface area (Å²) in [6.07, 6.45) is 2.66. The van der Waals surface area contributed by atoms with Gasteiger partial charge >= 0.3 is 0 Å². The lowest BCUT2D eigenvalue weighted by atomic mass is 9.74. The molecule has 0 aromatic heterocycles. The molecule has 0 saturated carbocycles. The number of anilines is 1. The molecule has 0 atom stereocenters. The van der Waals surface area contributed by atoms with Crippen molar-refractivity contribution in [3.63, 3.8) is 0 Å². The van der Waals surface area contributed by atoms with Crippen LogP contribution in [0.25, 0.3) is 0 Å². The minimum Gasteiger partial charge on any atom is -0.371 e. The second kappa shape index (κ2) is 6.55. The number of benzene rings is 2. The Morgan fingerprint density at radius 3 is 2.40 bits per heavy atom. The number of hydrogen-bond acceptors (Lipinski definition) is 2. The number of piperidine rings is 1. The van der Waals surface area contributed by atoms with Crippen LogP contribution in [0.1, 0.15) is 30.9 Å². The highest BCUT2D eigenvalue weighted by Crippen LogP contribution is 2.46. The number of fused-ring (bicyclic) bond motifs is 2. The molecule has 4 rings (SSSR count). The van der Waals surface area contributed by atoms with Gasteiger partial charge in [-0.25, -0.2) is 0 Å². The first kappa shape index (κ1) is 16.2. The monoisotopic (exact) mass is 334 g/mol. The van der Waals surface area contributed by atoms with Gasteiger partial charge in [-0.15, -0.1) is 0 Å². The fourth-order valence-corrected chi connectivity index (χ4v) is 4.51. The average Bonchev–Trinajstić information content (AvgIpc) is 2.97. The summed E-state index contributed by atoms with van der Waals surface area (Å²) in [5.74, 6) is 0.264. The fraction of sp³-hybridized carbons (Fsp3) is 0.409. The molecule has 2 aliphatic heterocycles. The van der Waals surface area contributed by atoms with Crippen molar-refractivity contribution in [1.82, 2.24) is 4.90 Å². The molecule has 0 N–H and O–H groups in total. The Labute approximate surface area is 150 Å². The van der Waals surface area contributed by atoms with Crippen molar-refractivity contribution in [3.8, 4) is 0 Å². The smallest absolute Gasteiger partial charge is 0.226 e. The molecule has 0 bridgehead atoms. The number of hydrogen-bond donors (Lipinski definition) is 0. The molecular weight excluding hydrogens is 308 g/mol. The second-order valence-electron chi connectivity index (χ2n) is 7.35. The molecule has 3 heteroatoms. The van der Waals surface area contributed by atoms with Crippen LogP contribution in [0.2, 0.25) is 0 Å². The van der Waals surface area contributed by atoms with Crippen molar-refractivity contribution >= 4 is 11.6 Å². The van der Waals surface area contributed by atoms with Crippen molar-refractivity contribution < 1.29 is 4.79 Å². The summed E-state index contributed by atoms with van der Waals surface area (Å²) < 4.78 is 0. The highest BCUT2D eigenvalue weighted by atomic mass is 16.2. The first-order valence-electron chi connectivity index (χ1n) is 9.38. The maximum absolute atomic E-state index is 12.7. The third kappa shape index (κ3) is 2.92. The molecular formula is C22H26N2O. The zero-order valence-electron chi connectivity index (χ0n) is 14.9. The van der Waals surface area contributed by atoms with Crippen LogP contribution in [0.4, 0.5) is 5.69 Å². The average molecular weight is 334 g/mol. The van der Waals surface area contributed by atoms with Gasteiger partial charge in [-0.2, -0.15) is 0 Å². The van der Waals surface area contributed by atoms with Gasteiger partial charge in [0.05, 0.1) is 6.42 Å². The van der Waals surface area contributed by atoms with E-state index < -0.39 is 0 Å². The Morgan fingerprint density at radius 1 is 1.00 bits per heavy atom. The SMILES string of the molecule is CCN1CC2(CCN(C(=O)Cc3ccccc3)CC2)c2ccccc21. The third-order valence-corrected chi connectivity index (χ3v) is 5.96. The number of carbonyl (C=O) groups is 1. The number of para-hydroxylation sites is 1. The van der Waals surface area contributed by atoms with Gasteiger partial charge < -0.3 is 9.80 Å². The van der Waals surface area contributed by atoms with E-state index in [1.807, 2.05) is 30.3 Å². The van der Waals surface area contributed by atoms with Gasteiger partial charge in [-0.3, -0.25) is 4.79 Å². The van der Waals surface area contributed by atoms with E-state index in [0.29, 0.717) is 6.42 Å². The zero-order valence-corrected chi connectivity index (χ0v) is 14.9. The highest BCUT2D eigenvalue weighted by Gasteiger charge is 2.44. The Hall–Kier alpha value is -2.29. The van der Waals surface area contributed by atoms with Crippen LogP contribution in [0, 0.1) is 0 Å². The van der Waals surface area contributed by atoms with E-state index in [1.54, 1.807) is 0 Å². The lowest BCUT2D eigenvalue weighted by Gasteiger charge is -2.40. The quantitative estimate of drug-likeness (QED) is 0.856. The van der Waals surface area contributed by atoms with Crippen molar-refractivity contribution in [1.29, 1.82) is 0 Å². The van der Waals surface area contributed by atoms with Gasteiger partial charge in [0.15, 0.2) is 0 Å². The van der Waals surface area contributed by atoms with Crippen LogP contribution >= 0.6 is 0 Å². The highest BCUT2D eigenvalue weighted by molar-refractivity contribution is 5.79. The number of likely N-dealkylation sites (tertiary alicyclic amines) is 1. The predicted molar refractivity (Wildman–Crippen MR) is 102 cm³/mol. The Balaban J connectivity index is 1.46. The molecule has 25 heavy (non-hydrogen) atoms. The minimum atomic E-state index is 0.232. The van der Waals surface area contributed by atoms with Gasteiger partial charge in [-0.1, -0.05) is 48.5 Å². The second-order valence-corrected chi connectivity index (χ2v) is 7.35. The van der Waals surface area contributed by atoms with Crippen molar-refractivity contribution in [2.75, 3.05) is 31.1 Å². The number of rotatable bonds is 3. The predicted octanol–water partition coefficient (Wildman–Crippen LogP) is 3.63. The molecule has 3 nitrogen and oxygen atoms in total. The van der Waals surface area contributed by atoms with E-state index in [1.165, 1.54) is 11.3 Å². The van der Waals surface area contributed by atoms with Crippen LogP contribution in [-0.4, -0.2) is 37.0 Å². The van der Waals surface area contributed by atoms with Gasteiger partial charge in [-0.05, 0) is 37.0 Å². The summed E-state index contributed by atoms with van der Waals surface area (Å²) in [5, 5.41) is 0. The van der Waals surface area contributed by atoms with Gasteiger partial charge in [0.25, 0.3) is 0 Å². The number of carbonyl (C=O) groups excluding carboxylic acids is 1. The van der Waals surface area contributed by atoms with E-state index in [4.69, 9.17) is 0 Å². The summed E-state index contributed by atoms with van der Waals surface area (Å²) >= 11 is 0. The molecule has 2 heterocycles. The maximum atomic E-state index is 12.7. The Bertz CT molecular complexity index is 748.